The molecule has 0 spiro atoms. The van der Waals surface area contributed by atoms with Crippen molar-refractivity contribution in [2.75, 3.05) is 20.1 Å². The van der Waals surface area contributed by atoms with Gasteiger partial charge in [0.2, 0.25) is 5.91 Å². The van der Waals surface area contributed by atoms with E-state index in [2.05, 4.69) is 47.5 Å². The molecule has 0 bridgehead atoms. The lowest BCUT2D eigenvalue weighted by molar-refractivity contribution is -0.147. The molecule has 0 aliphatic rings. The minimum absolute atomic E-state index is 0.100. The highest BCUT2D eigenvalue weighted by molar-refractivity contribution is 5.89. The number of carbonyl (C=O) groups excluding carboxylic acids is 1. The fourth-order valence-corrected chi connectivity index (χ4v) is 4.48. The molecule has 0 radical (unpaired) electrons. The first-order valence-corrected chi connectivity index (χ1v) is 13.8. The second-order valence-corrected chi connectivity index (χ2v) is 10.7. The molecular formula is C31H41N5O5. The summed E-state index contributed by atoms with van der Waals surface area (Å²) in [5.74, 6) is -1.28. The number of nitrogens with two attached hydrogens (primary N) is 1. The Labute approximate surface area is 240 Å². The van der Waals surface area contributed by atoms with Gasteiger partial charge in [-0.05, 0) is 63.4 Å². The number of furan rings is 1. The molecule has 220 valence electrons. The number of pyridine rings is 1. The summed E-state index contributed by atoms with van der Waals surface area (Å²) >= 11 is 0. The fraction of sp³-hybridized carbons (Fsp3) is 0.419. The first-order chi connectivity index (χ1) is 19.5. The predicted octanol–water partition coefficient (Wildman–Crippen LogP) is 4.70. The number of carbonyl (C=O) groups is 2. The van der Waals surface area contributed by atoms with Crippen molar-refractivity contribution in [3.8, 4) is 11.3 Å². The molecule has 3 aromatic heterocycles. The van der Waals surface area contributed by atoms with Crippen LogP contribution in [-0.2, 0) is 16.0 Å². The van der Waals surface area contributed by atoms with E-state index in [1.807, 2.05) is 31.5 Å². The highest BCUT2D eigenvalue weighted by Gasteiger charge is 2.21. The molecule has 0 aliphatic carbocycles. The van der Waals surface area contributed by atoms with Gasteiger partial charge in [0.1, 0.15) is 5.52 Å². The van der Waals surface area contributed by atoms with Crippen molar-refractivity contribution in [2.24, 2.45) is 17.6 Å². The Morgan fingerprint density at radius 1 is 1.07 bits per heavy atom. The quantitative estimate of drug-likeness (QED) is 0.225. The minimum atomic E-state index is -1.41. The third-order valence-corrected chi connectivity index (χ3v) is 7.34. The van der Waals surface area contributed by atoms with E-state index in [1.165, 1.54) is 5.56 Å². The summed E-state index contributed by atoms with van der Waals surface area (Å²) in [5.41, 5.74) is 10.8. The number of hydrogen-bond donors (Lipinski definition) is 3. The van der Waals surface area contributed by atoms with E-state index >= 15 is 0 Å². The molecule has 41 heavy (non-hydrogen) atoms. The number of primary amides is 1. The Kier molecular flexibility index (Phi) is 11.2. The number of carboxylic acid groups (broad SMARTS) is 1. The number of nitrogens with zero attached hydrogens (tertiary/aromatic N) is 4. The van der Waals surface area contributed by atoms with Gasteiger partial charge >= 0.3 is 5.97 Å². The van der Waals surface area contributed by atoms with Crippen molar-refractivity contribution >= 4 is 23.0 Å². The molecule has 0 aliphatic heterocycles. The van der Waals surface area contributed by atoms with Crippen LogP contribution in [0.1, 0.15) is 57.4 Å². The Hall–Kier alpha value is -4.02. The van der Waals surface area contributed by atoms with Crippen LogP contribution in [-0.4, -0.2) is 61.9 Å². The monoisotopic (exact) mass is 563 g/mol. The van der Waals surface area contributed by atoms with E-state index in [9.17, 15) is 9.59 Å². The van der Waals surface area contributed by atoms with Crippen molar-refractivity contribution in [2.45, 2.75) is 52.7 Å². The number of amides is 1. The zero-order valence-electron chi connectivity index (χ0n) is 24.4. The number of rotatable bonds is 12. The maximum atomic E-state index is 11.4. The van der Waals surface area contributed by atoms with Crippen LogP contribution in [0.15, 0.2) is 65.5 Å². The molecule has 4 aromatic rings. The van der Waals surface area contributed by atoms with Crippen molar-refractivity contribution in [3.05, 3.63) is 72.2 Å². The molecule has 4 N–H and O–H groups in total. The average Bonchev–Trinajstić information content (AvgIpc) is 3.62. The van der Waals surface area contributed by atoms with Crippen LogP contribution >= 0.6 is 0 Å². The number of aliphatic hydroxyl groups excluding tert-OH is 1. The molecule has 10 nitrogen and oxygen atoms in total. The Balaban J connectivity index is 0.000000352. The highest BCUT2D eigenvalue weighted by Crippen LogP contribution is 2.32. The maximum Gasteiger partial charge on any atom is 0.337 e. The highest BCUT2D eigenvalue weighted by atomic mass is 16.4. The van der Waals surface area contributed by atoms with Crippen molar-refractivity contribution in [1.29, 1.82) is 0 Å². The normalized spacial score (nSPS) is 13.6. The molecule has 1 amide bonds. The number of carboxylic acids is 1. The van der Waals surface area contributed by atoms with Gasteiger partial charge in [-0.1, -0.05) is 44.2 Å². The van der Waals surface area contributed by atoms with E-state index in [4.69, 9.17) is 20.4 Å². The van der Waals surface area contributed by atoms with Crippen LogP contribution in [0, 0.1) is 11.8 Å². The lowest BCUT2D eigenvalue weighted by Gasteiger charge is -2.22. The minimum Gasteiger partial charge on any atom is -0.479 e. The number of likely N-dealkylation sites (N-methyl/N-ethyl adjacent to an activating group) is 1. The third kappa shape index (κ3) is 8.25. The zero-order valence-corrected chi connectivity index (χ0v) is 24.4. The summed E-state index contributed by atoms with van der Waals surface area (Å²) in [5, 5.41) is 22.0. The van der Waals surface area contributed by atoms with Gasteiger partial charge in [0.15, 0.2) is 11.7 Å². The summed E-state index contributed by atoms with van der Waals surface area (Å²) in [4.78, 5) is 28.3. The van der Waals surface area contributed by atoms with Gasteiger partial charge < -0.3 is 25.3 Å². The van der Waals surface area contributed by atoms with Gasteiger partial charge in [0, 0.05) is 36.3 Å². The predicted molar refractivity (Wildman–Crippen MR) is 158 cm³/mol. The Morgan fingerprint density at radius 3 is 2.41 bits per heavy atom. The standard InChI is InChI=1S/C23H33N5O2.C8H8O3/c1-15(2)28-21(19-6-10-25-20-9-13-30-22(19)20)18(14-26-28)8-12-27(5)11-7-16(3)17(4)23(24)29;9-7(8(10)11)6-4-2-1-3-5-6/h6,9-10,13-17H,7-8,11-12H2,1-5H3,(H2,24,29);1-5,7,9H,(H,10,11). The summed E-state index contributed by atoms with van der Waals surface area (Å²) < 4.78 is 7.80. The Morgan fingerprint density at radius 2 is 1.78 bits per heavy atom. The molecule has 3 atom stereocenters. The molecule has 3 heterocycles. The first kappa shape index (κ1) is 31.5. The van der Waals surface area contributed by atoms with E-state index in [0.29, 0.717) is 5.56 Å². The van der Waals surface area contributed by atoms with E-state index < -0.39 is 12.1 Å². The number of aromatic nitrogens is 3. The van der Waals surface area contributed by atoms with Gasteiger partial charge in [-0.2, -0.15) is 5.10 Å². The summed E-state index contributed by atoms with van der Waals surface area (Å²) in [6.07, 6.45) is 5.88. The van der Waals surface area contributed by atoms with Crippen LogP contribution < -0.4 is 5.73 Å². The largest absolute Gasteiger partial charge is 0.479 e. The topological polar surface area (TPSA) is 148 Å². The second kappa shape index (κ2) is 14.6. The molecule has 4 rings (SSSR count). The van der Waals surface area contributed by atoms with Gasteiger partial charge in [0.25, 0.3) is 0 Å². The summed E-state index contributed by atoms with van der Waals surface area (Å²) in [6, 6.07) is 12.4. The molecule has 1 aromatic carbocycles. The number of benzene rings is 1. The smallest absolute Gasteiger partial charge is 0.337 e. The Bertz CT molecular complexity index is 1410. The van der Waals surface area contributed by atoms with Crippen molar-refractivity contribution in [3.63, 3.8) is 0 Å². The van der Waals surface area contributed by atoms with Crippen LogP contribution in [0.4, 0.5) is 0 Å². The number of aliphatic carboxylic acids is 1. The van der Waals surface area contributed by atoms with Gasteiger partial charge in [-0.25, -0.2) is 4.79 Å². The van der Waals surface area contributed by atoms with Crippen LogP contribution in [0.2, 0.25) is 0 Å². The maximum absolute atomic E-state index is 11.4. The SMILES string of the molecule is CC(CCN(C)CCc1cnn(C(C)C)c1-c1ccnc2ccoc12)C(C)C(N)=O.O=C(O)C(O)c1ccccc1. The fourth-order valence-electron chi connectivity index (χ4n) is 4.48. The van der Waals surface area contributed by atoms with Gasteiger partial charge in [-0.3, -0.25) is 14.5 Å². The van der Waals surface area contributed by atoms with Gasteiger partial charge in [0.05, 0.1) is 18.2 Å². The van der Waals surface area contributed by atoms with Crippen molar-refractivity contribution < 1.29 is 24.2 Å². The molecule has 0 fully saturated rings. The summed E-state index contributed by atoms with van der Waals surface area (Å²) in [6.45, 7) is 10.1. The molecule has 0 saturated carbocycles. The molecule has 0 saturated heterocycles. The second-order valence-electron chi connectivity index (χ2n) is 10.7. The van der Waals surface area contributed by atoms with Crippen LogP contribution in [0.5, 0.6) is 0 Å². The summed E-state index contributed by atoms with van der Waals surface area (Å²) in [7, 11) is 2.12. The number of fused-ring (bicyclic) bond motifs is 1. The lowest BCUT2D eigenvalue weighted by atomic mass is 9.92. The lowest BCUT2D eigenvalue weighted by Crippen LogP contribution is -2.30. The first-order valence-electron chi connectivity index (χ1n) is 13.8. The third-order valence-electron chi connectivity index (χ3n) is 7.34. The molecular weight excluding hydrogens is 522 g/mol. The van der Waals surface area contributed by atoms with E-state index in [0.717, 1.165) is 48.3 Å². The number of hydrogen-bond acceptors (Lipinski definition) is 7. The molecule has 10 heteroatoms. The molecule has 3 unspecified atom stereocenters. The van der Waals surface area contributed by atoms with E-state index in [-0.39, 0.29) is 23.8 Å². The van der Waals surface area contributed by atoms with Crippen LogP contribution in [0.25, 0.3) is 22.4 Å². The van der Waals surface area contributed by atoms with E-state index in [1.54, 1.807) is 36.6 Å². The van der Waals surface area contributed by atoms with Gasteiger partial charge in [-0.15, -0.1) is 0 Å². The van der Waals surface area contributed by atoms with Crippen molar-refractivity contribution in [1.82, 2.24) is 19.7 Å². The number of aliphatic hydroxyl groups is 1. The average molecular weight is 564 g/mol. The zero-order chi connectivity index (χ0) is 30.1. The van der Waals surface area contributed by atoms with Crippen LogP contribution in [0.3, 0.4) is 0 Å².